The molecule has 0 aliphatic heterocycles. The fraction of sp³-hybridized carbons (Fsp3) is 0.208. The Balaban J connectivity index is 1.67. The van der Waals surface area contributed by atoms with Crippen LogP contribution in [0.25, 0.3) is 0 Å². The largest absolute Gasteiger partial charge is 0.325 e. The highest BCUT2D eigenvalue weighted by molar-refractivity contribution is 8.00. The number of halogens is 1. The van der Waals surface area contributed by atoms with Gasteiger partial charge in [-0.15, -0.1) is 11.8 Å². The van der Waals surface area contributed by atoms with Gasteiger partial charge in [0, 0.05) is 10.7 Å². The molecule has 3 aromatic rings. The molecule has 0 spiro atoms. The van der Waals surface area contributed by atoms with Crippen LogP contribution >= 0.6 is 23.4 Å². The Kier molecular flexibility index (Phi) is 7.18. The van der Waals surface area contributed by atoms with E-state index in [1.54, 1.807) is 11.8 Å². The van der Waals surface area contributed by atoms with Crippen molar-refractivity contribution < 1.29 is 4.79 Å². The van der Waals surface area contributed by atoms with Crippen molar-refractivity contribution in [2.75, 3.05) is 11.1 Å². The van der Waals surface area contributed by atoms with Crippen molar-refractivity contribution in [3.8, 4) is 0 Å². The molecule has 1 atom stereocenters. The van der Waals surface area contributed by atoms with Crippen LogP contribution in [0, 0.1) is 0 Å². The third kappa shape index (κ3) is 5.63. The molecule has 0 aliphatic carbocycles. The summed E-state index contributed by atoms with van der Waals surface area (Å²) in [5.74, 6) is 0.845. The fourth-order valence-electron chi connectivity index (χ4n) is 2.96. The van der Waals surface area contributed by atoms with Crippen molar-refractivity contribution in [2.45, 2.75) is 25.0 Å². The molecule has 3 rings (SSSR count). The molecule has 1 N–H and O–H groups in total. The van der Waals surface area contributed by atoms with E-state index in [0.29, 0.717) is 16.7 Å². The van der Waals surface area contributed by atoms with Gasteiger partial charge in [0.15, 0.2) is 0 Å². The SMILES string of the molecule is CC(C)c1ccc(NC(=O)CS[C@@H](c2ccccc2)c2ccc(Cl)cc2)cc1. The number of amides is 1. The van der Waals surface area contributed by atoms with Crippen molar-refractivity contribution >= 4 is 35.0 Å². The van der Waals surface area contributed by atoms with Crippen LogP contribution in [0.1, 0.15) is 41.7 Å². The maximum absolute atomic E-state index is 12.5. The van der Waals surface area contributed by atoms with E-state index in [1.807, 2.05) is 54.6 Å². The summed E-state index contributed by atoms with van der Waals surface area (Å²) in [5.41, 5.74) is 4.40. The second-order valence-corrected chi connectivity index (χ2v) is 8.51. The van der Waals surface area contributed by atoms with Gasteiger partial charge in [-0.25, -0.2) is 0 Å². The zero-order valence-electron chi connectivity index (χ0n) is 16.1. The van der Waals surface area contributed by atoms with E-state index in [4.69, 9.17) is 11.6 Å². The first-order valence-electron chi connectivity index (χ1n) is 9.35. The summed E-state index contributed by atoms with van der Waals surface area (Å²) in [4.78, 5) is 12.5. The van der Waals surface area contributed by atoms with E-state index in [0.717, 1.165) is 11.3 Å². The van der Waals surface area contributed by atoms with Crippen LogP contribution in [0.5, 0.6) is 0 Å². The summed E-state index contributed by atoms with van der Waals surface area (Å²) in [6.45, 7) is 4.31. The number of nitrogens with one attached hydrogen (secondary N) is 1. The zero-order valence-corrected chi connectivity index (χ0v) is 17.6. The molecular weight excluding hydrogens is 386 g/mol. The highest BCUT2D eigenvalue weighted by Gasteiger charge is 2.16. The molecule has 4 heteroatoms. The third-order valence-electron chi connectivity index (χ3n) is 4.52. The maximum atomic E-state index is 12.5. The minimum atomic E-state index is -0.00260. The van der Waals surface area contributed by atoms with Gasteiger partial charge >= 0.3 is 0 Å². The average Bonchev–Trinajstić information content (AvgIpc) is 2.70. The van der Waals surface area contributed by atoms with Gasteiger partial charge in [0.2, 0.25) is 5.91 Å². The summed E-state index contributed by atoms with van der Waals surface area (Å²) >= 11 is 7.65. The molecule has 1 amide bonds. The molecule has 3 aromatic carbocycles. The van der Waals surface area contributed by atoms with Crippen LogP contribution in [-0.2, 0) is 4.79 Å². The van der Waals surface area contributed by atoms with E-state index in [9.17, 15) is 4.79 Å². The lowest BCUT2D eigenvalue weighted by Gasteiger charge is -2.18. The summed E-state index contributed by atoms with van der Waals surface area (Å²) in [6.07, 6.45) is 0. The lowest BCUT2D eigenvalue weighted by Crippen LogP contribution is -2.15. The summed E-state index contributed by atoms with van der Waals surface area (Å²) in [6, 6.07) is 26.1. The molecule has 0 saturated heterocycles. The highest BCUT2D eigenvalue weighted by atomic mass is 35.5. The normalized spacial score (nSPS) is 12.0. The van der Waals surface area contributed by atoms with Crippen molar-refractivity contribution in [3.05, 3.63) is 101 Å². The van der Waals surface area contributed by atoms with E-state index in [2.05, 4.69) is 43.4 Å². The molecule has 144 valence electrons. The Morgan fingerprint density at radius 1 is 0.857 bits per heavy atom. The quantitative estimate of drug-likeness (QED) is 0.458. The number of carbonyl (C=O) groups is 1. The van der Waals surface area contributed by atoms with Crippen molar-refractivity contribution in [2.24, 2.45) is 0 Å². The molecule has 0 aliphatic rings. The van der Waals surface area contributed by atoms with Gasteiger partial charge in [-0.2, -0.15) is 0 Å². The second kappa shape index (κ2) is 9.81. The number of hydrogen-bond donors (Lipinski definition) is 1. The standard InChI is InChI=1S/C24H24ClNOS/c1-17(2)18-10-14-22(15-11-18)26-23(27)16-28-24(19-6-4-3-5-7-19)20-8-12-21(25)13-9-20/h3-15,17,24H,16H2,1-2H3,(H,26,27)/t24-/m0/s1. The Morgan fingerprint density at radius 3 is 2.04 bits per heavy atom. The predicted molar refractivity (Wildman–Crippen MR) is 121 cm³/mol. The minimum absolute atomic E-state index is 0.00260. The highest BCUT2D eigenvalue weighted by Crippen LogP contribution is 2.36. The van der Waals surface area contributed by atoms with Crippen LogP contribution in [0.4, 0.5) is 5.69 Å². The van der Waals surface area contributed by atoms with Gasteiger partial charge in [0.05, 0.1) is 11.0 Å². The Morgan fingerprint density at radius 2 is 1.43 bits per heavy atom. The smallest absolute Gasteiger partial charge is 0.234 e. The van der Waals surface area contributed by atoms with Crippen LogP contribution in [-0.4, -0.2) is 11.7 Å². The van der Waals surface area contributed by atoms with E-state index in [1.165, 1.54) is 11.1 Å². The van der Waals surface area contributed by atoms with Gasteiger partial charge in [0.1, 0.15) is 0 Å². The van der Waals surface area contributed by atoms with Crippen LogP contribution in [0.3, 0.4) is 0 Å². The van der Waals surface area contributed by atoms with Crippen molar-refractivity contribution in [3.63, 3.8) is 0 Å². The first kappa shape index (κ1) is 20.5. The van der Waals surface area contributed by atoms with E-state index < -0.39 is 0 Å². The first-order valence-corrected chi connectivity index (χ1v) is 10.8. The van der Waals surface area contributed by atoms with Crippen LogP contribution in [0.2, 0.25) is 5.02 Å². The predicted octanol–water partition coefficient (Wildman–Crippen LogP) is 6.92. The monoisotopic (exact) mass is 409 g/mol. The molecule has 0 bridgehead atoms. The maximum Gasteiger partial charge on any atom is 0.234 e. The molecule has 28 heavy (non-hydrogen) atoms. The average molecular weight is 410 g/mol. The Bertz CT molecular complexity index is 892. The van der Waals surface area contributed by atoms with Crippen LogP contribution in [0.15, 0.2) is 78.9 Å². The number of anilines is 1. The van der Waals surface area contributed by atoms with Crippen LogP contribution < -0.4 is 5.32 Å². The molecule has 0 heterocycles. The molecule has 2 nitrogen and oxygen atoms in total. The summed E-state index contributed by atoms with van der Waals surface area (Å²) in [7, 11) is 0. The number of carbonyl (C=O) groups excluding carboxylic acids is 1. The number of rotatable bonds is 7. The van der Waals surface area contributed by atoms with Crippen molar-refractivity contribution in [1.29, 1.82) is 0 Å². The molecular formula is C24H24ClNOS. The minimum Gasteiger partial charge on any atom is -0.325 e. The van der Waals surface area contributed by atoms with E-state index in [-0.39, 0.29) is 11.2 Å². The van der Waals surface area contributed by atoms with Crippen molar-refractivity contribution in [1.82, 2.24) is 0 Å². The Labute approximate surface area is 176 Å². The molecule has 0 radical (unpaired) electrons. The molecule has 0 saturated carbocycles. The Hall–Kier alpha value is -2.23. The fourth-order valence-corrected chi connectivity index (χ4v) is 4.17. The lowest BCUT2D eigenvalue weighted by molar-refractivity contribution is -0.113. The third-order valence-corrected chi connectivity index (χ3v) is 6.08. The van der Waals surface area contributed by atoms with Gasteiger partial charge in [0.25, 0.3) is 0 Å². The first-order chi connectivity index (χ1) is 13.5. The van der Waals surface area contributed by atoms with Gasteiger partial charge in [-0.05, 0) is 46.9 Å². The lowest BCUT2D eigenvalue weighted by atomic mass is 10.0. The zero-order chi connectivity index (χ0) is 19.9. The van der Waals surface area contributed by atoms with Gasteiger partial charge in [-0.3, -0.25) is 4.79 Å². The topological polar surface area (TPSA) is 29.1 Å². The summed E-state index contributed by atoms with van der Waals surface area (Å²) in [5, 5.41) is 3.78. The number of benzene rings is 3. The molecule has 0 fully saturated rings. The molecule has 0 unspecified atom stereocenters. The number of hydrogen-bond acceptors (Lipinski definition) is 2. The summed E-state index contributed by atoms with van der Waals surface area (Å²) < 4.78 is 0. The molecule has 0 aromatic heterocycles. The van der Waals surface area contributed by atoms with E-state index >= 15 is 0 Å². The second-order valence-electron chi connectivity index (χ2n) is 6.98. The number of thioether (sulfide) groups is 1. The van der Waals surface area contributed by atoms with Gasteiger partial charge < -0.3 is 5.32 Å². The van der Waals surface area contributed by atoms with Gasteiger partial charge in [-0.1, -0.05) is 80.0 Å².